The lowest BCUT2D eigenvalue weighted by Gasteiger charge is -2.27. The van der Waals surface area contributed by atoms with Gasteiger partial charge in [0.1, 0.15) is 0 Å². The number of fused-ring (bicyclic) bond motifs is 2. The van der Waals surface area contributed by atoms with Gasteiger partial charge in [0.25, 0.3) is 0 Å². The van der Waals surface area contributed by atoms with Crippen molar-refractivity contribution in [1.82, 2.24) is 9.78 Å². The quantitative estimate of drug-likeness (QED) is 0.914. The van der Waals surface area contributed by atoms with Gasteiger partial charge < -0.3 is 5.73 Å². The summed E-state index contributed by atoms with van der Waals surface area (Å²) in [6.45, 7) is 0. The van der Waals surface area contributed by atoms with E-state index < -0.39 is 0 Å². The highest BCUT2D eigenvalue weighted by Gasteiger charge is 2.42. The van der Waals surface area contributed by atoms with E-state index in [0.717, 1.165) is 24.2 Å². The predicted molar refractivity (Wildman–Crippen MR) is 80.3 cm³/mol. The Morgan fingerprint density at radius 3 is 2.75 bits per heavy atom. The Labute approximate surface area is 121 Å². The van der Waals surface area contributed by atoms with Crippen LogP contribution in [0.3, 0.4) is 0 Å². The monoisotopic (exact) mass is 273 g/mol. The molecule has 0 spiro atoms. The highest BCUT2D eigenvalue weighted by atomic mass is 15.3. The van der Waals surface area contributed by atoms with Gasteiger partial charge in [-0.05, 0) is 55.9 Å². The van der Waals surface area contributed by atoms with E-state index in [-0.39, 0.29) is 0 Å². The lowest BCUT2D eigenvalue weighted by Crippen LogP contribution is -2.35. The number of nitrogens with zero attached hydrogens (tertiary/aromatic N) is 2. The minimum Gasteiger partial charge on any atom is -0.327 e. The third-order valence-electron chi connectivity index (χ3n) is 6.15. The van der Waals surface area contributed by atoms with Gasteiger partial charge in [0.15, 0.2) is 0 Å². The highest BCUT2D eigenvalue weighted by molar-refractivity contribution is 5.05. The summed E-state index contributed by atoms with van der Waals surface area (Å²) in [5, 5.41) is 4.80. The van der Waals surface area contributed by atoms with Crippen molar-refractivity contribution in [1.29, 1.82) is 0 Å². The average molecular weight is 273 g/mol. The van der Waals surface area contributed by atoms with Gasteiger partial charge >= 0.3 is 0 Å². The second kappa shape index (κ2) is 5.18. The van der Waals surface area contributed by atoms with Gasteiger partial charge in [-0.25, -0.2) is 0 Å². The molecule has 3 nitrogen and oxygen atoms in total. The number of aromatic nitrogens is 2. The average Bonchev–Trinajstić information content (AvgIpc) is 3.22. The molecule has 1 heterocycles. The van der Waals surface area contributed by atoms with E-state index in [4.69, 9.17) is 10.8 Å². The zero-order valence-electron chi connectivity index (χ0n) is 12.4. The molecule has 3 heteroatoms. The largest absolute Gasteiger partial charge is 0.327 e. The minimum atomic E-state index is 0.331. The summed E-state index contributed by atoms with van der Waals surface area (Å²) in [5.41, 5.74) is 7.73. The molecular weight excluding hydrogens is 246 g/mol. The molecule has 0 radical (unpaired) electrons. The third-order valence-corrected chi connectivity index (χ3v) is 6.15. The molecular formula is C17H27N3. The Kier molecular flexibility index (Phi) is 3.33. The molecule has 3 aliphatic carbocycles. The molecule has 4 unspecified atom stereocenters. The van der Waals surface area contributed by atoms with E-state index in [0.29, 0.717) is 12.1 Å². The van der Waals surface area contributed by atoms with Crippen molar-refractivity contribution in [2.24, 2.45) is 23.5 Å². The fraction of sp³-hybridized carbons (Fsp3) is 0.824. The van der Waals surface area contributed by atoms with Crippen LogP contribution in [0.25, 0.3) is 0 Å². The topological polar surface area (TPSA) is 43.8 Å². The van der Waals surface area contributed by atoms with Crippen molar-refractivity contribution in [3.05, 3.63) is 18.0 Å². The number of hydrogen-bond acceptors (Lipinski definition) is 2. The van der Waals surface area contributed by atoms with Gasteiger partial charge in [-0.1, -0.05) is 19.3 Å². The molecule has 0 amide bonds. The van der Waals surface area contributed by atoms with Gasteiger partial charge in [-0.3, -0.25) is 4.68 Å². The van der Waals surface area contributed by atoms with Crippen LogP contribution >= 0.6 is 0 Å². The summed E-state index contributed by atoms with van der Waals surface area (Å²) < 4.78 is 2.20. The van der Waals surface area contributed by atoms with Gasteiger partial charge in [-0.15, -0.1) is 0 Å². The van der Waals surface area contributed by atoms with Crippen molar-refractivity contribution in [2.75, 3.05) is 0 Å². The molecule has 3 saturated carbocycles. The van der Waals surface area contributed by atoms with Crippen LogP contribution in [0, 0.1) is 17.8 Å². The summed E-state index contributed by atoms with van der Waals surface area (Å²) in [7, 11) is 0. The molecule has 110 valence electrons. The Morgan fingerprint density at radius 1 is 1.20 bits per heavy atom. The van der Waals surface area contributed by atoms with Crippen molar-refractivity contribution in [3.8, 4) is 0 Å². The Morgan fingerprint density at radius 2 is 2.05 bits per heavy atom. The first kappa shape index (κ1) is 12.9. The zero-order valence-corrected chi connectivity index (χ0v) is 12.4. The van der Waals surface area contributed by atoms with Gasteiger partial charge in [0, 0.05) is 18.7 Å². The molecule has 2 bridgehead atoms. The van der Waals surface area contributed by atoms with E-state index in [2.05, 4.69) is 16.9 Å². The molecule has 0 aromatic carbocycles. The Balaban J connectivity index is 1.38. The summed E-state index contributed by atoms with van der Waals surface area (Å²) in [5.74, 6) is 2.68. The fourth-order valence-electron chi connectivity index (χ4n) is 5.07. The Bertz CT molecular complexity index is 461. The summed E-state index contributed by atoms with van der Waals surface area (Å²) in [6.07, 6.45) is 14.2. The van der Waals surface area contributed by atoms with Crippen LogP contribution in [0.5, 0.6) is 0 Å². The molecule has 3 fully saturated rings. The zero-order chi connectivity index (χ0) is 13.5. The SMILES string of the molecule is NC(Cc1ccn(C2CCCC2)n1)C1CC2CCC1C2. The minimum absolute atomic E-state index is 0.331. The second-order valence-electron chi connectivity index (χ2n) is 7.43. The van der Waals surface area contributed by atoms with Gasteiger partial charge in [0.2, 0.25) is 0 Å². The van der Waals surface area contributed by atoms with Crippen LogP contribution in [0.2, 0.25) is 0 Å². The summed E-state index contributed by atoms with van der Waals surface area (Å²) in [4.78, 5) is 0. The standard InChI is InChI=1S/C17H27N3/c18-17(16-10-12-5-6-13(16)9-12)11-14-7-8-20(19-14)15-3-1-2-4-15/h7-8,12-13,15-17H,1-6,9-11,18H2. The molecule has 1 aromatic rings. The molecule has 4 rings (SSSR count). The maximum atomic E-state index is 6.51. The van der Waals surface area contributed by atoms with E-state index in [9.17, 15) is 0 Å². The molecule has 0 saturated heterocycles. The lowest BCUT2D eigenvalue weighted by atomic mass is 9.82. The van der Waals surface area contributed by atoms with Crippen LogP contribution in [0.15, 0.2) is 12.3 Å². The van der Waals surface area contributed by atoms with Crippen LogP contribution in [-0.4, -0.2) is 15.8 Å². The van der Waals surface area contributed by atoms with E-state index >= 15 is 0 Å². The van der Waals surface area contributed by atoms with Gasteiger partial charge in [-0.2, -0.15) is 5.10 Å². The first-order valence-electron chi connectivity index (χ1n) is 8.59. The predicted octanol–water partition coefficient (Wildman–Crippen LogP) is 3.30. The third kappa shape index (κ3) is 2.30. The van der Waals surface area contributed by atoms with Crippen LogP contribution in [0.1, 0.15) is 63.1 Å². The van der Waals surface area contributed by atoms with Crippen LogP contribution in [-0.2, 0) is 6.42 Å². The van der Waals surface area contributed by atoms with Crippen molar-refractivity contribution >= 4 is 0 Å². The lowest BCUT2D eigenvalue weighted by molar-refractivity contribution is 0.278. The van der Waals surface area contributed by atoms with E-state index in [1.54, 1.807) is 0 Å². The van der Waals surface area contributed by atoms with Crippen LogP contribution < -0.4 is 5.73 Å². The first-order valence-corrected chi connectivity index (χ1v) is 8.59. The molecule has 20 heavy (non-hydrogen) atoms. The van der Waals surface area contributed by atoms with E-state index in [1.807, 2.05) is 0 Å². The van der Waals surface area contributed by atoms with Crippen molar-refractivity contribution in [2.45, 2.75) is 69.9 Å². The Hall–Kier alpha value is -0.830. The molecule has 3 aliphatic rings. The molecule has 0 aliphatic heterocycles. The van der Waals surface area contributed by atoms with Crippen molar-refractivity contribution in [3.63, 3.8) is 0 Å². The highest BCUT2D eigenvalue weighted by Crippen LogP contribution is 2.49. The summed E-state index contributed by atoms with van der Waals surface area (Å²) in [6, 6.07) is 3.19. The summed E-state index contributed by atoms with van der Waals surface area (Å²) >= 11 is 0. The number of hydrogen-bond donors (Lipinski definition) is 1. The number of nitrogens with two attached hydrogens (primary N) is 1. The second-order valence-corrected chi connectivity index (χ2v) is 7.43. The molecule has 2 N–H and O–H groups in total. The maximum Gasteiger partial charge on any atom is 0.0640 e. The maximum absolute atomic E-state index is 6.51. The van der Waals surface area contributed by atoms with Gasteiger partial charge in [0.05, 0.1) is 11.7 Å². The van der Waals surface area contributed by atoms with Crippen molar-refractivity contribution < 1.29 is 0 Å². The first-order chi connectivity index (χ1) is 9.79. The number of rotatable bonds is 4. The molecule has 4 atom stereocenters. The smallest absolute Gasteiger partial charge is 0.0640 e. The van der Waals surface area contributed by atoms with E-state index in [1.165, 1.54) is 57.1 Å². The molecule has 1 aromatic heterocycles. The van der Waals surface area contributed by atoms with Crippen LogP contribution in [0.4, 0.5) is 0 Å². The fourth-order valence-corrected chi connectivity index (χ4v) is 5.07. The normalized spacial score (nSPS) is 35.0.